The van der Waals surface area contributed by atoms with Gasteiger partial charge in [0.2, 0.25) is 5.89 Å². The largest absolute Gasteiger partial charge is 0.339 e. The maximum absolute atomic E-state index is 6.32. The van der Waals surface area contributed by atoms with Crippen LogP contribution in [0.15, 0.2) is 4.52 Å². The Balaban J connectivity index is 1.46. The average molecular weight is 301 g/mol. The summed E-state index contributed by atoms with van der Waals surface area (Å²) in [5.41, 5.74) is 0. The number of fused-ring (bicyclic) bond motifs is 2. The topological polar surface area (TPSA) is 38.9 Å². The summed E-state index contributed by atoms with van der Waals surface area (Å²) in [6.45, 7) is 2.05. The minimum absolute atomic E-state index is 0.424. The van der Waals surface area contributed by atoms with E-state index in [4.69, 9.17) is 27.7 Å². The van der Waals surface area contributed by atoms with Gasteiger partial charge in [-0.1, -0.05) is 12.1 Å². The molecule has 0 saturated heterocycles. The lowest BCUT2D eigenvalue weighted by atomic mass is 10.0. The third kappa shape index (κ3) is 1.84. The van der Waals surface area contributed by atoms with E-state index in [1.165, 1.54) is 12.8 Å². The van der Waals surface area contributed by atoms with Crippen molar-refractivity contribution in [3.05, 3.63) is 11.7 Å². The van der Waals surface area contributed by atoms with E-state index in [0.29, 0.717) is 17.8 Å². The van der Waals surface area contributed by atoms with Crippen LogP contribution in [0.2, 0.25) is 0 Å². The van der Waals surface area contributed by atoms with Gasteiger partial charge >= 0.3 is 0 Å². The molecule has 0 amide bonds. The number of nitrogens with zero attached hydrogens (tertiary/aromatic N) is 2. The van der Waals surface area contributed by atoms with Gasteiger partial charge in [0, 0.05) is 12.3 Å². The second-order valence-corrected chi connectivity index (χ2v) is 7.74. The molecule has 3 fully saturated rings. The summed E-state index contributed by atoms with van der Waals surface area (Å²) in [6.07, 6.45) is 5.58. The normalized spacial score (nSPS) is 42.8. The van der Waals surface area contributed by atoms with Gasteiger partial charge in [0.05, 0.1) is 0 Å². The summed E-state index contributed by atoms with van der Waals surface area (Å²) in [4.78, 5) is 4.51. The number of halogens is 2. The van der Waals surface area contributed by atoms with Crippen LogP contribution in [0.1, 0.15) is 50.2 Å². The lowest BCUT2D eigenvalue weighted by molar-refractivity contribution is 0.366. The van der Waals surface area contributed by atoms with Gasteiger partial charge in [-0.3, -0.25) is 0 Å². The van der Waals surface area contributed by atoms with Gasteiger partial charge < -0.3 is 4.52 Å². The summed E-state index contributed by atoms with van der Waals surface area (Å²) in [7, 11) is 0. The predicted molar refractivity (Wildman–Crippen MR) is 73.3 cm³/mol. The molecule has 3 saturated carbocycles. The summed E-state index contributed by atoms with van der Waals surface area (Å²) < 4.78 is 4.99. The van der Waals surface area contributed by atoms with E-state index in [1.54, 1.807) is 0 Å². The Morgan fingerprint density at radius 1 is 1.16 bits per heavy atom. The van der Waals surface area contributed by atoms with Crippen molar-refractivity contribution in [1.82, 2.24) is 10.1 Å². The molecule has 0 N–H and O–H groups in total. The van der Waals surface area contributed by atoms with Crippen LogP contribution in [0.5, 0.6) is 0 Å². The molecule has 0 radical (unpaired) electrons. The van der Waals surface area contributed by atoms with Crippen LogP contribution in [0, 0.1) is 23.7 Å². The first-order valence-corrected chi connectivity index (χ1v) is 8.08. The van der Waals surface area contributed by atoms with Crippen LogP contribution in [0.25, 0.3) is 0 Å². The molecule has 1 aromatic rings. The fraction of sp³-hybridized carbons (Fsp3) is 0.857. The zero-order valence-electron chi connectivity index (χ0n) is 11.0. The van der Waals surface area contributed by atoms with E-state index in [-0.39, 0.29) is 0 Å². The smallest absolute Gasteiger partial charge is 0.230 e. The third-order valence-electron chi connectivity index (χ3n) is 5.40. The molecule has 3 aliphatic rings. The second-order valence-electron chi connectivity index (χ2n) is 6.30. The number of alkyl halides is 2. The quantitative estimate of drug-likeness (QED) is 0.776. The highest BCUT2D eigenvalue weighted by atomic mass is 35.5. The van der Waals surface area contributed by atoms with E-state index in [2.05, 4.69) is 17.1 Å². The number of aromatic nitrogens is 2. The van der Waals surface area contributed by atoms with Gasteiger partial charge in [-0.2, -0.15) is 4.98 Å². The van der Waals surface area contributed by atoms with Crippen LogP contribution in [0.4, 0.5) is 0 Å². The van der Waals surface area contributed by atoms with Crippen LogP contribution < -0.4 is 0 Å². The van der Waals surface area contributed by atoms with E-state index in [0.717, 1.165) is 42.8 Å². The summed E-state index contributed by atoms with van der Waals surface area (Å²) >= 11 is 12.6. The molecule has 0 spiro atoms. The zero-order valence-corrected chi connectivity index (χ0v) is 12.5. The maximum Gasteiger partial charge on any atom is 0.230 e. The summed E-state index contributed by atoms with van der Waals surface area (Å²) in [5.74, 6) is 4.68. The van der Waals surface area contributed by atoms with Gasteiger partial charge in [-0.15, -0.1) is 23.2 Å². The van der Waals surface area contributed by atoms with Gasteiger partial charge in [-0.05, 0) is 49.4 Å². The number of hydrogen-bond donors (Lipinski definition) is 0. The molecule has 0 aromatic carbocycles. The van der Waals surface area contributed by atoms with Crippen LogP contribution in [-0.2, 0) is 6.42 Å². The Labute approximate surface area is 123 Å². The van der Waals surface area contributed by atoms with E-state index < -0.39 is 4.33 Å². The van der Waals surface area contributed by atoms with Gasteiger partial charge in [0.1, 0.15) is 4.33 Å². The van der Waals surface area contributed by atoms with Gasteiger partial charge in [0.15, 0.2) is 5.82 Å². The molecule has 19 heavy (non-hydrogen) atoms. The minimum Gasteiger partial charge on any atom is -0.339 e. The van der Waals surface area contributed by atoms with Crippen molar-refractivity contribution in [2.24, 2.45) is 23.7 Å². The highest BCUT2D eigenvalue weighted by Crippen LogP contribution is 2.69. The van der Waals surface area contributed by atoms with E-state index >= 15 is 0 Å². The lowest BCUT2D eigenvalue weighted by Crippen LogP contribution is -1.93. The maximum atomic E-state index is 6.32. The van der Waals surface area contributed by atoms with Crippen LogP contribution >= 0.6 is 23.2 Å². The molecule has 1 aromatic heterocycles. The molecule has 5 atom stereocenters. The SMILES string of the molecule is CCc1noc(C2[C@H]3CC[C@H]4[C@@H](CC[C@@H]23)C4(Cl)Cl)n1. The van der Waals surface area contributed by atoms with E-state index in [9.17, 15) is 0 Å². The van der Waals surface area contributed by atoms with Crippen molar-refractivity contribution < 1.29 is 4.52 Å². The van der Waals surface area contributed by atoms with Crippen LogP contribution in [0.3, 0.4) is 0 Å². The average Bonchev–Trinajstić information content (AvgIpc) is 3.04. The zero-order chi connectivity index (χ0) is 13.2. The Morgan fingerprint density at radius 2 is 1.79 bits per heavy atom. The lowest BCUT2D eigenvalue weighted by Gasteiger charge is -2.03. The molecule has 1 heterocycles. The minimum atomic E-state index is -0.424. The highest BCUT2D eigenvalue weighted by molar-refractivity contribution is 6.51. The molecule has 1 unspecified atom stereocenters. The fourth-order valence-corrected chi connectivity index (χ4v) is 5.06. The van der Waals surface area contributed by atoms with E-state index in [1.807, 2.05) is 0 Å². The Morgan fingerprint density at radius 3 is 2.32 bits per heavy atom. The van der Waals surface area contributed by atoms with Crippen molar-refractivity contribution >= 4 is 23.2 Å². The summed E-state index contributed by atoms with van der Waals surface area (Å²) in [5, 5.41) is 4.02. The molecule has 5 heteroatoms. The molecule has 3 aliphatic carbocycles. The molecule has 104 valence electrons. The van der Waals surface area contributed by atoms with Crippen molar-refractivity contribution in [3.8, 4) is 0 Å². The van der Waals surface area contributed by atoms with Gasteiger partial charge in [-0.25, -0.2) is 0 Å². The Bertz CT molecular complexity index is 479. The molecule has 3 nitrogen and oxygen atoms in total. The monoisotopic (exact) mass is 300 g/mol. The van der Waals surface area contributed by atoms with Crippen molar-refractivity contribution in [1.29, 1.82) is 0 Å². The fourth-order valence-electron chi connectivity index (χ4n) is 4.14. The molecule has 0 bridgehead atoms. The third-order valence-corrected chi connectivity index (χ3v) is 6.53. The molecule has 4 rings (SSSR count). The number of hydrogen-bond acceptors (Lipinski definition) is 3. The first kappa shape index (κ1) is 12.5. The van der Waals surface area contributed by atoms with Gasteiger partial charge in [0.25, 0.3) is 0 Å². The summed E-state index contributed by atoms with van der Waals surface area (Å²) in [6, 6.07) is 0. The standard InChI is InChI=1S/C14H18Cl2N2O/c1-2-11-17-13(19-18-11)12-7-3-5-9-10(14(9,15)16)6-4-8(7)12/h7-10,12H,2-6H2,1H3/t7-,8+,9-,10+,12?. The Kier molecular flexibility index (Phi) is 2.69. The van der Waals surface area contributed by atoms with Crippen molar-refractivity contribution in [3.63, 3.8) is 0 Å². The van der Waals surface area contributed by atoms with Crippen LogP contribution in [-0.4, -0.2) is 14.5 Å². The first-order valence-electron chi connectivity index (χ1n) is 7.33. The first-order chi connectivity index (χ1) is 9.13. The highest BCUT2D eigenvalue weighted by Gasteiger charge is 2.65. The Hall–Kier alpha value is -0.280. The van der Waals surface area contributed by atoms with Crippen molar-refractivity contribution in [2.75, 3.05) is 0 Å². The number of aryl methyl sites for hydroxylation is 1. The second kappa shape index (κ2) is 4.11. The molecular weight excluding hydrogens is 283 g/mol. The molecular formula is C14H18Cl2N2O. The number of rotatable bonds is 2. The molecule has 0 aliphatic heterocycles. The van der Waals surface area contributed by atoms with Crippen molar-refractivity contribution in [2.45, 2.75) is 49.3 Å². The predicted octanol–water partition coefficient (Wildman–Crippen LogP) is 3.96.